The summed E-state index contributed by atoms with van der Waals surface area (Å²) < 4.78 is 6.57. The Kier molecular flexibility index (Phi) is 6.02. The lowest BCUT2D eigenvalue weighted by molar-refractivity contribution is 0.0525. The zero-order chi connectivity index (χ0) is 21.1. The van der Waals surface area contributed by atoms with E-state index in [1.54, 1.807) is 39.8 Å². The molecular formula is C19H21N5O4S. The van der Waals surface area contributed by atoms with Crippen LogP contribution in [0.2, 0.25) is 0 Å². The fourth-order valence-corrected chi connectivity index (χ4v) is 3.80. The predicted octanol–water partition coefficient (Wildman–Crippen LogP) is 2.85. The Morgan fingerprint density at radius 2 is 1.97 bits per heavy atom. The lowest BCUT2D eigenvalue weighted by atomic mass is 10.1. The van der Waals surface area contributed by atoms with Gasteiger partial charge in [0, 0.05) is 5.69 Å². The summed E-state index contributed by atoms with van der Waals surface area (Å²) in [6.45, 7) is 7.21. The Bertz CT molecular complexity index is 1040. The summed E-state index contributed by atoms with van der Waals surface area (Å²) in [6.07, 6.45) is 0. The maximum Gasteiger partial charge on any atom is 0.340 e. The largest absolute Gasteiger partial charge is 0.508 e. The first-order valence-corrected chi connectivity index (χ1v) is 9.86. The third kappa shape index (κ3) is 4.16. The molecule has 0 saturated heterocycles. The minimum absolute atomic E-state index is 0.134. The van der Waals surface area contributed by atoms with E-state index in [0.717, 1.165) is 0 Å². The van der Waals surface area contributed by atoms with Crippen LogP contribution in [0, 0.1) is 13.8 Å². The molecule has 0 radical (unpaired) electrons. The number of carbonyl (C=O) groups is 2. The van der Waals surface area contributed by atoms with Gasteiger partial charge in [-0.15, -0.1) is 5.10 Å². The van der Waals surface area contributed by atoms with Crippen LogP contribution in [0.25, 0.3) is 5.69 Å². The molecule has 0 aliphatic rings. The topological polar surface area (TPSA) is 123 Å². The first-order chi connectivity index (χ1) is 13.8. The number of ketones is 1. The van der Waals surface area contributed by atoms with Gasteiger partial charge >= 0.3 is 5.97 Å². The number of nitrogens with zero attached hydrogens (tertiary/aromatic N) is 4. The number of hydrogen-bond donors (Lipinski definition) is 2. The number of rotatable bonds is 7. The van der Waals surface area contributed by atoms with Crippen molar-refractivity contribution in [2.45, 2.75) is 38.1 Å². The van der Waals surface area contributed by atoms with Gasteiger partial charge in [0.15, 0.2) is 5.78 Å². The normalized spacial score (nSPS) is 12.0. The molecule has 0 fully saturated rings. The molecule has 0 aliphatic carbocycles. The van der Waals surface area contributed by atoms with Crippen molar-refractivity contribution < 1.29 is 19.4 Å². The molecule has 152 valence electrons. The molecule has 0 amide bonds. The molecule has 1 atom stereocenters. The Labute approximate surface area is 171 Å². The highest BCUT2D eigenvalue weighted by molar-refractivity contribution is 8.00. The van der Waals surface area contributed by atoms with Gasteiger partial charge in [0.1, 0.15) is 5.75 Å². The lowest BCUT2D eigenvalue weighted by Gasteiger charge is -2.10. The van der Waals surface area contributed by atoms with Gasteiger partial charge in [0.2, 0.25) is 5.16 Å². The zero-order valence-electron chi connectivity index (χ0n) is 16.5. The highest BCUT2D eigenvalue weighted by Gasteiger charge is 2.27. The number of Topliss-reactive ketones (excluding diaryl/α,β-unsaturated/α-hetero) is 1. The van der Waals surface area contributed by atoms with Crippen LogP contribution in [0.5, 0.6) is 5.75 Å². The van der Waals surface area contributed by atoms with Gasteiger partial charge in [-0.1, -0.05) is 11.8 Å². The predicted molar refractivity (Wildman–Crippen MR) is 107 cm³/mol. The van der Waals surface area contributed by atoms with E-state index in [-0.39, 0.29) is 18.1 Å². The third-order valence-electron chi connectivity index (χ3n) is 4.35. The summed E-state index contributed by atoms with van der Waals surface area (Å²) >= 11 is 1.20. The van der Waals surface area contributed by atoms with Crippen molar-refractivity contribution in [3.63, 3.8) is 0 Å². The maximum absolute atomic E-state index is 13.0. The van der Waals surface area contributed by atoms with Gasteiger partial charge in [0.05, 0.1) is 28.8 Å². The van der Waals surface area contributed by atoms with E-state index in [1.165, 1.54) is 28.6 Å². The smallest absolute Gasteiger partial charge is 0.340 e. The molecular weight excluding hydrogens is 394 g/mol. The summed E-state index contributed by atoms with van der Waals surface area (Å²) in [7, 11) is 0. The second kappa shape index (κ2) is 8.48. The van der Waals surface area contributed by atoms with E-state index in [0.29, 0.717) is 33.4 Å². The molecule has 29 heavy (non-hydrogen) atoms. The van der Waals surface area contributed by atoms with Crippen LogP contribution in [0.15, 0.2) is 29.4 Å². The number of aromatic amines is 1. The number of esters is 1. The Morgan fingerprint density at radius 1 is 1.28 bits per heavy atom. The number of aromatic nitrogens is 5. The fraction of sp³-hybridized carbons (Fsp3) is 0.316. The minimum atomic E-state index is -0.510. The van der Waals surface area contributed by atoms with Crippen molar-refractivity contribution in [1.29, 1.82) is 0 Å². The van der Waals surface area contributed by atoms with Crippen LogP contribution < -0.4 is 0 Å². The number of carbonyl (C=O) groups excluding carboxylic acids is 2. The molecule has 1 unspecified atom stereocenters. The van der Waals surface area contributed by atoms with E-state index in [2.05, 4.69) is 20.5 Å². The minimum Gasteiger partial charge on any atom is -0.508 e. The van der Waals surface area contributed by atoms with Gasteiger partial charge in [-0.05, 0) is 68.0 Å². The number of phenolic OH excluding ortho intramolecular Hbond substituents is 1. The summed E-state index contributed by atoms with van der Waals surface area (Å²) in [5.74, 6) is -0.490. The van der Waals surface area contributed by atoms with Gasteiger partial charge < -0.3 is 14.8 Å². The zero-order valence-corrected chi connectivity index (χ0v) is 17.3. The number of ether oxygens (including phenoxy) is 1. The summed E-state index contributed by atoms with van der Waals surface area (Å²) in [5, 5.41) is 21.0. The van der Waals surface area contributed by atoms with Crippen LogP contribution in [0.3, 0.4) is 0 Å². The standard InChI is InChI=1S/C19H21N5O4S/c1-5-28-18(27)15-10(2)16(20-11(15)3)17(26)12(4)29-19-21-22-23-24(19)13-6-8-14(25)9-7-13/h6-9,12,20,25H,5H2,1-4H3. The molecule has 3 rings (SSSR count). The second-order valence-corrected chi connectivity index (χ2v) is 7.67. The Morgan fingerprint density at radius 3 is 2.62 bits per heavy atom. The van der Waals surface area contributed by atoms with E-state index in [1.807, 2.05) is 0 Å². The van der Waals surface area contributed by atoms with Gasteiger partial charge in [0.25, 0.3) is 0 Å². The molecule has 0 aliphatic heterocycles. The number of hydrogen-bond acceptors (Lipinski definition) is 8. The summed E-state index contributed by atoms with van der Waals surface area (Å²) in [6, 6.07) is 6.41. The van der Waals surface area contributed by atoms with Gasteiger partial charge in [-0.2, -0.15) is 4.68 Å². The van der Waals surface area contributed by atoms with Gasteiger partial charge in [-0.25, -0.2) is 4.79 Å². The molecule has 2 heterocycles. The van der Waals surface area contributed by atoms with Crippen LogP contribution in [-0.4, -0.2) is 53.9 Å². The molecule has 10 heteroatoms. The summed E-state index contributed by atoms with van der Waals surface area (Å²) in [4.78, 5) is 28.2. The van der Waals surface area contributed by atoms with Crippen molar-refractivity contribution in [2.75, 3.05) is 6.61 Å². The highest BCUT2D eigenvalue weighted by Crippen LogP contribution is 2.28. The molecule has 2 aromatic heterocycles. The van der Waals surface area contributed by atoms with Crippen molar-refractivity contribution >= 4 is 23.5 Å². The first kappa shape index (κ1) is 20.6. The molecule has 0 bridgehead atoms. The number of aromatic hydroxyl groups is 1. The first-order valence-electron chi connectivity index (χ1n) is 8.98. The highest BCUT2D eigenvalue weighted by atomic mass is 32.2. The number of thioether (sulfide) groups is 1. The van der Waals surface area contributed by atoms with Crippen molar-refractivity contribution in [2.24, 2.45) is 0 Å². The summed E-state index contributed by atoms with van der Waals surface area (Å²) in [5.41, 5.74) is 2.58. The molecule has 0 saturated carbocycles. The van der Waals surface area contributed by atoms with Crippen LogP contribution >= 0.6 is 11.8 Å². The average Bonchev–Trinajstić information content (AvgIpc) is 3.26. The maximum atomic E-state index is 13.0. The van der Waals surface area contributed by atoms with E-state index in [4.69, 9.17) is 4.74 Å². The van der Waals surface area contributed by atoms with E-state index < -0.39 is 11.2 Å². The molecule has 0 spiro atoms. The SMILES string of the molecule is CCOC(=O)c1c(C)[nH]c(C(=O)C(C)Sc2nnnn2-c2ccc(O)cc2)c1C. The van der Waals surface area contributed by atoms with Crippen LogP contribution in [0.4, 0.5) is 0 Å². The number of aryl methyl sites for hydroxylation is 1. The van der Waals surface area contributed by atoms with Crippen LogP contribution in [0.1, 0.15) is 46.0 Å². The number of benzene rings is 1. The third-order valence-corrected chi connectivity index (χ3v) is 5.38. The Hall–Kier alpha value is -3.14. The van der Waals surface area contributed by atoms with Crippen molar-refractivity contribution in [3.8, 4) is 11.4 Å². The van der Waals surface area contributed by atoms with Gasteiger partial charge in [-0.3, -0.25) is 4.79 Å². The monoisotopic (exact) mass is 415 g/mol. The lowest BCUT2D eigenvalue weighted by Crippen LogP contribution is -2.16. The second-order valence-electron chi connectivity index (χ2n) is 6.36. The van der Waals surface area contributed by atoms with Crippen LogP contribution in [-0.2, 0) is 4.74 Å². The fourth-order valence-electron chi connectivity index (χ4n) is 2.93. The molecule has 2 N–H and O–H groups in total. The number of H-pyrrole nitrogens is 1. The number of phenols is 1. The number of nitrogens with one attached hydrogen (secondary N) is 1. The molecule has 3 aromatic rings. The molecule has 9 nitrogen and oxygen atoms in total. The van der Waals surface area contributed by atoms with Crippen molar-refractivity contribution in [3.05, 3.63) is 46.8 Å². The molecule has 1 aromatic carbocycles. The quantitative estimate of drug-likeness (QED) is 0.343. The van der Waals surface area contributed by atoms with E-state index in [9.17, 15) is 14.7 Å². The average molecular weight is 415 g/mol. The Balaban J connectivity index is 1.83. The van der Waals surface area contributed by atoms with Crippen molar-refractivity contribution in [1.82, 2.24) is 25.2 Å². The number of tetrazole rings is 1. The van der Waals surface area contributed by atoms with E-state index >= 15 is 0 Å².